The van der Waals surface area contributed by atoms with Gasteiger partial charge in [-0.25, -0.2) is 4.79 Å². The number of hydrogen-bond donors (Lipinski definition) is 2. The van der Waals surface area contributed by atoms with Crippen molar-refractivity contribution in [2.24, 2.45) is 11.8 Å². The molecule has 4 bridgehead atoms. The zero-order valence-electron chi connectivity index (χ0n) is 33.2. The summed E-state index contributed by atoms with van der Waals surface area (Å²) in [6.07, 6.45) is 12.0. The molecule has 4 atom stereocenters. The molecule has 3 aliphatic carbocycles. The molecule has 10 nitrogen and oxygen atoms in total. The highest BCUT2D eigenvalue weighted by atomic mass is 16.6. The summed E-state index contributed by atoms with van der Waals surface area (Å²) in [5, 5.41) is 23.8. The van der Waals surface area contributed by atoms with Crippen LogP contribution in [0.25, 0.3) is 0 Å². The van der Waals surface area contributed by atoms with Gasteiger partial charge in [0, 0.05) is 60.2 Å². The monoisotopic (exact) mass is 743 g/mol. The molecule has 1 spiro atoms. The summed E-state index contributed by atoms with van der Waals surface area (Å²) < 4.78 is 24.9. The van der Waals surface area contributed by atoms with Gasteiger partial charge in [-0.2, -0.15) is 0 Å². The molecule has 7 rings (SSSR count). The highest BCUT2D eigenvalue weighted by Crippen LogP contribution is 2.68. The van der Waals surface area contributed by atoms with Crippen LogP contribution in [-0.2, 0) is 36.6 Å². The van der Waals surface area contributed by atoms with E-state index in [0.717, 1.165) is 37.1 Å². The highest BCUT2D eigenvalue weighted by molar-refractivity contribution is 6.18. The quantitative estimate of drug-likeness (QED) is 0.123. The minimum Gasteiger partial charge on any atom is -0.507 e. The van der Waals surface area contributed by atoms with Crippen molar-refractivity contribution in [2.75, 3.05) is 39.5 Å². The van der Waals surface area contributed by atoms with Crippen LogP contribution in [0.3, 0.4) is 0 Å². The van der Waals surface area contributed by atoms with E-state index in [1.165, 1.54) is 5.57 Å². The maximum absolute atomic E-state index is 14.9. The molecule has 1 saturated carbocycles. The van der Waals surface area contributed by atoms with Crippen LogP contribution >= 0.6 is 0 Å². The third-order valence-corrected chi connectivity index (χ3v) is 11.9. The summed E-state index contributed by atoms with van der Waals surface area (Å²) in [6, 6.07) is 0. The van der Waals surface area contributed by atoms with Crippen molar-refractivity contribution in [1.29, 1.82) is 0 Å². The Bertz CT molecular complexity index is 1870. The second-order valence-electron chi connectivity index (χ2n) is 16.6. The number of nitrogens with zero attached hydrogens (tertiary/aromatic N) is 1. The molecule has 292 valence electrons. The van der Waals surface area contributed by atoms with Crippen molar-refractivity contribution in [3.63, 3.8) is 0 Å². The van der Waals surface area contributed by atoms with E-state index >= 15 is 0 Å². The summed E-state index contributed by atoms with van der Waals surface area (Å²) in [5.41, 5.74) is 0.508. The van der Waals surface area contributed by atoms with Gasteiger partial charge >= 0.3 is 5.97 Å². The number of Topliss-reactive ketones (excluding diaryl/α,β-unsaturated/α-hetero) is 2. The maximum Gasteiger partial charge on any atom is 0.333 e. The predicted molar refractivity (Wildman–Crippen MR) is 206 cm³/mol. The summed E-state index contributed by atoms with van der Waals surface area (Å²) in [6.45, 7) is 19.2. The number of hydrogen-bond acceptors (Lipinski definition) is 10. The lowest BCUT2D eigenvalue weighted by Gasteiger charge is -2.56. The van der Waals surface area contributed by atoms with E-state index < -0.39 is 40.4 Å². The number of benzene rings is 1. The van der Waals surface area contributed by atoms with E-state index in [1.807, 2.05) is 46.8 Å². The Labute approximate surface area is 319 Å². The fraction of sp³-hybridized carbons (Fsp3) is 0.568. The Hall–Kier alpha value is -3.99. The molecule has 1 aromatic carbocycles. The number of fused-ring (bicyclic) bond motifs is 1. The van der Waals surface area contributed by atoms with Crippen molar-refractivity contribution < 1.29 is 43.5 Å². The minimum atomic E-state index is -1.64. The number of phenols is 2. The molecule has 54 heavy (non-hydrogen) atoms. The Morgan fingerprint density at radius 2 is 1.63 bits per heavy atom. The average Bonchev–Trinajstić information content (AvgIpc) is 3.27. The summed E-state index contributed by atoms with van der Waals surface area (Å²) >= 11 is 0. The molecule has 0 aromatic heterocycles. The number of carbonyl (C=O) groups is 3. The lowest BCUT2D eigenvalue weighted by atomic mass is 9.51. The van der Waals surface area contributed by atoms with E-state index in [9.17, 15) is 24.6 Å². The van der Waals surface area contributed by atoms with Crippen molar-refractivity contribution in [3.05, 3.63) is 74.9 Å². The van der Waals surface area contributed by atoms with E-state index in [1.54, 1.807) is 19.1 Å². The number of phenolic OH excluding ortho intramolecular Hbond substituents is 2. The molecular formula is C44H57NO9. The van der Waals surface area contributed by atoms with Crippen LogP contribution in [0.4, 0.5) is 0 Å². The van der Waals surface area contributed by atoms with Gasteiger partial charge in [-0.1, -0.05) is 47.1 Å². The lowest BCUT2D eigenvalue weighted by molar-refractivity contribution is -0.171. The molecule has 0 amide bonds. The second kappa shape index (κ2) is 15.3. The van der Waals surface area contributed by atoms with Crippen LogP contribution in [0.5, 0.6) is 17.2 Å². The number of carbonyl (C=O) groups excluding carboxylic acids is 3. The van der Waals surface area contributed by atoms with Crippen molar-refractivity contribution >= 4 is 17.5 Å². The summed E-state index contributed by atoms with van der Waals surface area (Å²) in [4.78, 5) is 44.8. The lowest BCUT2D eigenvalue weighted by Crippen LogP contribution is -2.72. The number of morpholine rings is 1. The topological polar surface area (TPSA) is 132 Å². The number of ketones is 2. The van der Waals surface area contributed by atoms with Gasteiger partial charge in [0.05, 0.1) is 18.8 Å². The van der Waals surface area contributed by atoms with Crippen LogP contribution in [0.15, 0.2) is 58.2 Å². The van der Waals surface area contributed by atoms with Crippen molar-refractivity contribution in [3.8, 4) is 17.2 Å². The predicted octanol–water partition coefficient (Wildman–Crippen LogP) is 7.06. The fourth-order valence-corrected chi connectivity index (χ4v) is 9.00. The second-order valence-corrected chi connectivity index (χ2v) is 16.6. The Morgan fingerprint density at radius 1 is 0.944 bits per heavy atom. The van der Waals surface area contributed by atoms with Gasteiger partial charge in [0.25, 0.3) is 0 Å². The summed E-state index contributed by atoms with van der Waals surface area (Å²) in [5.74, 6) is -2.53. The number of rotatable bonds is 13. The van der Waals surface area contributed by atoms with Gasteiger partial charge in [0.15, 0.2) is 22.8 Å². The van der Waals surface area contributed by atoms with E-state index in [4.69, 9.17) is 18.9 Å². The molecule has 6 aliphatic rings. The maximum atomic E-state index is 14.9. The van der Waals surface area contributed by atoms with Crippen molar-refractivity contribution in [1.82, 2.24) is 4.90 Å². The van der Waals surface area contributed by atoms with Gasteiger partial charge < -0.3 is 29.2 Å². The van der Waals surface area contributed by atoms with Gasteiger partial charge in [-0.15, -0.1) is 0 Å². The van der Waals surface area contributed by atoms with E-state index in [2.05, 4.69) is 24.8 Å². The van der Waals surface area contributed by atoms with Gasteiger partial charge in [0.1, 0.15) is 29.4 Å². The standard InChI is InChI=1S/C44H57NO9/c1-26(2)10-9-11-28(5)13-15-31-36(46)32(14-12-27(3)4)39-35(37(31)47)38(48)33-24-30-25-34-42(7,8)54-43(40(30)49,44(33,34)53-39)17-16-29(6)41(50)52-23-20-45-18-21-51-22-19-45/h10,12-13,16,24,30,34,46-47H,9,11,14-15,17-23,25H2,1-8H3/b28-13+,29-16-. The van der Waals surface area contributed by atoms with E-state index in [-0.39, 0.29) is 65.6 Å². The minimum absolute atomic E-state index is 0.00431. The molecule has 3 aliphatic heterocycles. The third kappa shape index (κ3) is 6.90. The molecule has 0 radical (unpaired) electrons. The number of allylic oxidation sites excluding steroid dienone is 7. The molecule has 3 fully saturated rings. The van der Waals surface area contributed by atoms with Crippen LogP contribution < -0.4 is 4.74 Å². The zero-order valence-corrected chi connectivity index (χ0v) is 33.2. The Kier molecular flexibility index (Phi) is 11.2. The SMILES string of the molecule is CC(C)=CCC/C(C)=C/Cc1c(O)c(CC=C(C)C)c2c(c1O)C(=O)C1=CC3CC4C(C)(C)OC(C/C=C(/C)C(=O)OCCN5CCOCC5)(C3=O)C14O2. The first kappa shape index (κ1) is 39.7. The molecule has 10 heteroatoms. The number of ether oxygens (including phenoxy) is 4. The van der Waals surface area contributed by atoms with E-state index in [0.29, 0.717) is 37.3 Å². The molecule has 2 saturated heterocycles. The molecule has 3 heterocycles. The van der Waals surface area contributed by atoms with Crippen LogP contribution in [0.1, 0.15) is 103 Å². The molecule has 2 N–H and O–H groups in total. The molecule has 1 aromatic rings. The first-order valence-electron chi connectivity index (χ1n) is 19.4. The summed E-state index contributed by atoms with van der Waals surface area (Å²) in [7, 11) is 0. The molecular weight excluding hydrogens is 686 g/mol. The third-order valence-electron chi connectivity index (χ3n) is 11.9. The Balaban J connectivity index is 1.39. The normalized spacial score (nSPS) is 27.1. The van der Waals surface area contributed by atoms with Crippen LogP contribution in [-0.4, -0.2) is 88.9 Å². The largest absolute Gasteiger partial charge is 0.507 e. The van der Waals surface area contributed by atoms with Gasteiger partial charge in [-0.05, 0) is 87.5 Å². The van der Waals surface area contributed by atoms with Gasteiger partial charge in [0.2, 0.25) is 0 Å². The smallest absolute Gasteiger partial charge is 0.333 e. The zero-order chi connectivity index (χ0) is 39.2. The highest BCUT2D eigenvalue weighted by Gasteiger charge is 2.81. The molecule has 4 unspecified atom stereocenters. The average molecular weight is 744 g/mol. The number of esters is 1. The fourth-order valence-electron chi connectivity index (χ4n) is 9.00. The van der Waals surface area contributed by atoms with Crippen LogP contribution in [0, 0.1) is 11.8 Å². The first-order chi connectivity index (χ1) is 25.5. The number of aromatic hydroxyl groups is 2. The van der Waals surface area contributed by atoms with Crippen LogP contribution in [0.2, 0.25) is 0 Å². The first-order valence-corrected chi connectivity index (χ1v) is 19.4. The van der Waals surface area contributed by atoms with Gasteiger partial charge in [-0.3, -0.25) is 14.5 Å². The van der Waals surface area contributed by atoms with Crippen molar-refractivity contribution in [2.45, 2.75) is 111 Å². The Morgan fingerprint density at radius 3 is 2.31 bits per heavy atom.